The zero-order valence-electron chi connectivity index (χ0n) is 13.5. The van der Waals surface area contributed by atoms with E-state index < -0.39 is 0 Å². The quantitative estimate of drug-likeness (QED) is 0.835. The predicted octanol–water partition coefficient (Wildman–Crippen LogP) is 0.886. The van der Waals surface area contributed by atoms with Crippen LogP contribution in [0.25, 0.3) is 6.08 Å². The summed E-state index contributed by atoms with van der Waals surface area (Å²) in [7, 11) is 2.20. The van der Waals surface area contributed by atoms with E-state index >= 15 is 0 Å². The van der Waals surface area contributed by atoms with Gasteiger partial charge in [0.05, 0.1) is 44.7 Å². The molecule has 2 aliphatic rings. The Balaban J connectivity index is 1.67. The molecular weight excluding hydrogens is 310 g/mol. The molecule has 0 bridgehead atoms. The van der Waals surface area contributed by atoms with E-state index in [4.69, 9.17) is 4.74 Å². The summed E-state index contributed by atoms with van der Waals surface area (Å²) in [5.74, 6) is 0.710. The first-order valence-electron chi connectivity index (χ1n) is 7.97. The zero-order valence-corrected chi connectivity index (χ0v) is 14.4. The first kappa shape index (κ1) is 16.1. The number of benzene rings is 1. The van der Waals surface area contributed by atoms with E-state index in [1.807, 2.05) is 37.3 Å². The molecule has 0 unspecified atom stereocenters. The number of rotatable bonds is 3. The summed E-state index contributed by atoms with van der Waals surface area (Å²) in [5.41, 5.74) is 0.989. The van der Waals surface area contributed by atoms with Crippen molar-refractivity contribution in [3.8, 4) is 5.75 Å². The van der Waals surface area contributed by atoms with Gasteiger partial charge in [-0.15, -0.1) is 0 Å². The van der Waals surface area contributed by atoms with E-state index in [-0.39, 0.29) is 5.91 Å². The molecule has 1 aromatic rings. The highest BCUT2D eigenvalue weighted by molar-refractivity contribution is 8.18. The smallest absolute Gasteiger partial charge is 0.286 e. The molecule has 23 heavy (non-hydrogen) atoms. The average Bonchev–Trinajstić information content (AvgIpc) is 2.91. The van der Waals surface area contributed by atoms with E-state index in [2.05, 4.69) is 16.9 Å². The van der Waals surface area contributed by atoms with E-state index in [0.29, 0.717) is 11.5 Å². The van der Waals surface area contributed by atoms with Crippen molar-refractivity contribution in [3.63, 3.8) is 0 Å². The van der Waals surface area contributed by atoms with Crippen LogP contribution in [-0.4, -0.2) is 55.8 Å². The van der Waals surface area contributed by atoms with Gasteiger partial charge in [-0.3, -0.25) is 4.79 Å². The third-order valence-electron chi connectivity index (χ3n) is 3.99. The summed E-state index contributed by atoms with van der Waals surface area (Å²) in [6.07, 6.45) is 1.90. The molecule has 1 saturated heterocycles. The Morgan fingerprint density at radius 3 is 2.65 bits per heavy atom. The van der Waals surface area contributed by atoms with Gasteiger partial charge in [0, 0.05) is 0 Å². The molecule has 2 aliphatic heterocycles. The van der Waals surface area contributed by atoms with Crippen LogP contribution in [0.5, 0.6) is 5.75 Å². The van der Waals surface area contributed by atoms with Gasteiger partial charge in [0.1, 0.15) is 5.75 Å². The van der Waals surface area contributed by atoms with Crippen molar-refractivity contribution in [2.45, 2.75) is 6.92 Å². The number of nitrogens with one attached hydrogen (secondary N) is 1. The second-order valence-corrected chi connectivity index (χ2v) is 6.77. The number of piperazine rings is 1. The fourth-order valence-electron chi connectivity index (χ4n) is 2.59. The maximum atomic E-state index is 12.1. The molecule has 0 saturated carbocycles. The molecular formula is C17H22N3O2S+. The Morgan fingerprint density at radius 1 is 1.30 bits per heavy atom. The minimum atomic E-state index is -0.134. The molecule has 0 radical (unpaired) electrons. The van der Waals surface area contributed by atoms with Gasteiger partial charge in [0.15, 0.2) is 5.17 Å². The molecule has 0 aliphatic carbocycles. The van der Waals surface area contributed by atoms with E-state index in [9.17, 15) is 4.79 Å². The van der Waals surface area contributed by atoms with Crippen LogP contribution in [-0.2, 0) is 4.79 Å². The number of carbonyl (C=O) groups excluding carboxylic acids is 1. The summed E-state index contributed by atoms with van der Waals surface area (Å²) in [6.45, 7) is 6.71. The Kier molecular flexibility index (Phi) is 5.03. The molecule has 1 fully saturated rings. The Bertz CT molecular complexity index is 632. The summed E-state index contributed by atoms with van der Waals surface area (Å²) in [4.78, 5) is 20.8. The first-order chi connectivity index (χ1) is 11.2. The zero-order chi connectivity index (χ0) is 16.2. The minimum Gasteiger partial charge on any atom is -0.494 e. The maximum absolute atomic E-state index is 12.1. The molecule has 5 nitrogen and oxygen atoms in total. The van der Waals surface area contributed by atoms with Crippen molar-refractivity contribution in [3.05, 3.63) is 34.7 Å². The van der Waals surface area contributed by atoms with Crippen molar-refractivity contribution in [2.75, 3.05) is 39.8 Å². The third kappa shape index (κ3) is 3.95. The van der Waals surface area contributed by atoms with E-state index in [1.54, 1.807) is 0 Å². The second-order valence-electron chi connectivity index (χ2n) is 5.76. The van der Waals surface area contributed by atoms with Crippen LogP contribution in [0.3, 0.4) is 0 Å². The van der Waals surface area contributed by atoms with Crippen molar-refractivity contribution in [1.29, 1.82) is 0 Å². The van der Waals surface area contributed by atoms with Gasteiger partial charge in [-0.2, -0.15) is 4.99 Å². The number of aliphatic imine (C=N–C) groups is 1. The number of ether oxygens (including phenoxy) is 1. The standard InChI is InChI=1S/C17H21N3O2S/c1-3-22-14-6-4-13(5-7-14)12-15-16(21)18-17(23-15)20-10-8-19(2)9-11-20/h4-7,12H,3,8-11H2,1-2H3/p+1. The van der Waals surface area contributed by atoms with Crippen LogP contribution < -0.4 is 9.64 Å². The number of amidine groups is 1. The van der Waals surface area contributed by atoms with Gasteiger partial charge in [-0.25, -0.2) is 0 Å². The number of carbonyl (C=O) groups is 1. The number of quaternary nitrogens is 1. The van der Waals surface area contributed by atoms with Crippen LogP contribution in [0.2, 0.25) is 0 Å². The molecule has 0 aromatic heterocycles. The minimum absolute atomic E-state index is 0.134. The van der Waals surface area contributed by atoms with Gasteiger partial charge < -0.3 is 14.5 Å². The fourth-order valence-corrected chi connectivity index (χ4v) is 3.56. The Morgan fingerprint density at radius 2 is 2.00 bits per heavy atom. The lowest BCUT2D eigenvalue weighted by Gasteiger charge is -2.30. The molecule has 2 heterocycles. The summed E-state index contributed by atoms with van der Waals surface area (Å²) < 4.78 is 5.43. The first-order valence-corrected chi connectivity index (χ1v) is 8.79. The number of thioether (sulfide) groups is 1. The highest BCUT2D eigenvalue weighted by atomic mass is 32.2. The third-order valence-corrected chi connectivity index (χ3v) is 5.03. The lowest BCUT2D eigenvalue weighted by Crippen LogP contribution is -3.12. The maximum Gasteiger partial charge on any atom is 0.286 e. The number of nitrogens with zero attached hydrogens (tertiary/aromatic N) is 2. The van der Waals surface area contributed by atoms with Gasteiger partial charge in [-0.1, -0.05) is 12.1 Å². The largest absolute Gasteiger partial charge is 0.494 e. The van der Waals surface area contributed by atoms with Crippen molar-refractivity contribution < 1.29 is 14.4 Å². The van der Waals surface area contributed by atoms with Crippen molar-refractivity contribution in [1.82, 2.24) is 4.90 Å². The van der Waals surface area contributed by atoms with Gasteiger partial charge in [-0.05, 0) is 42.5 Å². The van der Waals surface area contributed by atoms with E-state index in [1.165, 1.54) is 16.7 Å². The van der Waals surface area contributed by atoms with Crippen LogP contribution in [0, 0.1) is 0 Å². The van der Waals surface area contributed by atoms with Crippen LogP contribution in [0.4, 0.5) is 0 Å². The summed E-state index contributed by atoms with van der Waals surface area (Å²) in [6, 6.07) is 7.77. The highest BCUT2D eigenvalue weighted by Gasteiger charge is 2.28. The average molecular weight is 332 g/mol. The topological polar surface area (TPSA) is 46.3 Å². The SMILES string of the molecule is CCOc1ccc(C=C2SC(N3CC[NH+](C)CC3)=NC2=O)cc1. The molecule has 0 atom stereocenters. The predicted molar refractivity (Wildman–Crippen MR) is 93.8 cm³/mol. The lowest BCUT2D eigenvalue weighted by atomic mass is 10.2. The molecule has 3 rings (SSSR count). The number of amides is 1. The number of hydrogen-bond acceptors (Lipinski definition) is 4. The van der Waals surface area contributed by atoms with Crippen LogP contribution >= 0.6 is 11.8 Å². The van der Waals surface area contributed by atoms with Crippen LogP contribution in [0.15, 0.2) is 34.2 Å². The monoisotopic (exact) mass is 332 g/mol. The van der Waals surface area contributed by atoms with Gasteiger partial charge in [0.25, 0.3) is 5.91 Å². The fraction of sp³-hybridized carbons (Fsp3) is 0.412. The second kappa shape index (κ2) is 7.19. The Labute approximate surface area is 141 Å². The molecule has 122 valence electrons. The molecule has 1 amide bonds. The number of likely N-dealkylation sites (N-methyl/N-ethyl adjacent to an activating group) is 1. The molecule has 1 aromatic carbocycles. The van der Waals surface area contributed by atoms with Gasteiger partial charge >= 0.3 is 0 Å². The highest BCUT2D eigenvalue weighted by Crippen LogP contribution is 2.30. The van der Waals surface area contributed by atoms with E-state index in [0.717, 1.165) is 42.7 Å². The van der Waals surface area contributed by atoms with Crippen LogP contribution in [0.1, 0.15) is 12.5 Å². The number of hydrogen-bond donors (Lipinski definition) is 1. The van der Waals surface area contributed by atoms with Crippen molar-refractivity contribution >= 4 is 28.9 Å². The normalized spacial score (nSPS) is 21.0. The summed E-state index contributed by atoms with van der Waals surface area (Å²) >= 11 is 1.48. The molecule has 6 heteroatoms. The summed E-state index contributed by atoms with van der Waals surface area (Å²) in [5, 5.41) is 0.847. The van der Waals surface area contributed by atoms with Crippen molar-refractivity contribution in [2.24, 2.45) is 4.99 Å². The van der Waals surface area contributed by atoms with Gasteiger partial charge in [0.2, 0.25) is 0 Å². The lowest BCUT2D eigenvalue weighted by molar-refractivity contribution is -0.883. The molecule has 1 N–H and O–H groups in total. The Hall–Kier alpha value is -1.79. The molecule has 0 spiro atoms.